The van der Waals surface area contributed by atoms with E-state index in [-0.39, 0.29) is 5.54 Å². The quantitative estimate of drug-likeness (QED) is 0.477. The number of anilines is 3. The van der Waals surface area contributed by atoms with Gasteiger partial charge in [-0.05, 0) is 77.1 Å². The maximum absolute atomic E-state index is 12.3. The Hall–Kier alpha value is -3.53. The number of carbonyl (C=O) groups excluding carboxylic acids is 1. The molecular formula is C26H37N7O3. The number of rotatable bonds is 5. The van der Waals surface area contributed by atoms with Gasteiger partial charge in [-0.1, -0.05) is 6.07 Å². The van der Waals surface area contributed by atoms with Gasteiger partial charge in [0.1, 0.15) is 29.0 Å². The highest BCUT2D eigenvalue weighted by Gasteiger charge is 2.31. The summed E-state index contributed by atoms with van der Waals surface area (Å²) in [6.45, 7) is 11.4. The fourth-order valence-electron chi connectivity index (χ4n) is 4.72. The molecule has 0 bridgehead atoms. The first kappa shape index (κ1) is 25.6. The molecule has 1 saturated heterocycles. The summed E-state index contributed by atoms with van der Waals surface area (Å²) >= 11 is 0. The molecule has 4 rings (SSSR count). The Kier molecular flexibility index (Phi) is 6.74. The van der Waals surface area contributed by atoms with Gasteiger partial charge in [-0.2, -0.15) is 5.10 Å². The average Bonchev–Trinajstić information content (AvgIpc) is 3.18. The number of nitrogen functional groups attached to an aromatic ring is 1. The van der Waals surface area contributed by atoms with Gasteiger partial charge in [0.2, 0.25) is 0 Å². The van der Waals surface area contributed by atoms with Crippen LogP contribution in [-0.4, -0.2) is 52.0 Å². The average molecular weight is 496 g/mol. The molecule has 0 atom stereocenters. The number of piperidine rings is 1. The van der Waals surface area contributed by atoms with Crippen LogP contribution in [0.15, 0.2) is 30.6 Å². The van der Waals surface area contributed by atoms with Gasteiger partial charge in [-0.3, -0.25) is 5.32 Å². The molecule has 36 heavy (non-hydrogen) atoms. The number of amides is 1. The minimum atomic E-state index is -0.606. The molecule has 0 aliphatic carbocycles. The van der Waals surface area contributed by atoms with Gasteiger partial charge in [-0.15, -0.1) is 0 Å². The van der Waals surface area contributed by atoms with E-state index in [1.165, 1.54) is 6.33 Å². The summed E-state index contributed by atoms with van der Waals surface area (Å²) in [6.07, 6.45) is 2.93. The molecular weight excluding hydrogens is 458 g/mol. The fraction of sp³-hybridized carbons (Fsp3) is 0.500. The summed E-state index contributed by atoms with van der Waals surface area (Å²) in [6, 6.07) is 7.64. The number of methoxy groups -OCH3 is 1. The van der Waals surface area contributed by atoms with Gasteiger partial charge in [0.05, 0.1) is 12.8 Å². The molecule has 194 valence electrons. The minimum Gasteiger partial charge on any atom is -0.495 e. The van der Waals surface area contributed by atoms with Crippen molar-refractivity contribution >= 4 is 28.9 Å². The Labute approximate surface area is 211 Å². The summed E-state index contributed by atoms with van der Waals surface area (Å²) in [5.74, 6) is 2.31. The van der Waals surface area contributed by atoms with E-state index < -0.39 is 11.7 Å². The molecule has 0 saturated carbocycles. The van der Waals surface area contributed by atoms with Crippen molar-refractivity contribution in [3.63, 3.8) is 0 Å². The van der Waals surface area contributed by atoms with Crippen LogP contribution in [0.4, 0.5) is 22.1 Å². The summed E-state index contributed by atoms with van der Waals surface area (Å²) in [7, 11) is 1.56. The standard InChI is InChI=1S/C26H37N7O3/c1-25(2,3)36-24(34)31-19-8-7-16(13-20(19)35-6)18-14-21(33-22(18)23(27)29-15-30-33)32-11-9-17(10-12-32)26(4,5)28/h7-8,13-15,17H,9-12,28H2,1-6H3,(H,31,34)(H2,27,29,30). The molecule has 0 unspecified atom stereocenters. The van der Waals surface area contributed by atoms with E-state index >= 15 is 0 Å². The molecule has 1 aromatic carbocycles. The van der Waals surface area contributed by atoms with E-state index in [0.29, 0.717) is 23.2 Å². The summed E-state index contributed by atoms with van der Waals surface area (Å²) in [4.78, 5) is 18.9. The Balaban J connectivity index is 1.68. The van der Waals surface area contributed by atoms with Gasteiger partial charge in [0, 0.05) is 24.2 Å². The highest BCUT2D eigenvalue weighted by atomic mass is 16.6. The molecule has 3 aromatic rings. The third-order valence-corrected chi connectivity index (χ3v) is 6.58. The van der Waals surface area contributed by atoms with Crippen molar-refractivity contribution in [3.8, 4) is 16.9 Å². The second-order valence-corrected chi connectivity index (χ2v) is 10.9. The number of nitrogens with two attached hydrogens (primary N) is 2. The number of hydrogen-bond donors (Lipinski definition) is 3. The van der Waals surface area contributed by atoms with Crippen LogP contribution in [0, 0.1) is 5.92 Å². The van der Waals surface area contributed by atoms with Crippen molar-refractivity contribution in [2.75, 3.05) is 36.1 Å². The fourth-order valence-corrected chi connectivity index (χ4v) is 4.72. The van der Waals surface area contributed by atoms with Crippen molar-refractivity contribution in [1.82, 2.24) is 14.6 Å². The van der Waals surface area contributed by atoms with Crippen LogP contribution >= 0.6 is 0 Å². The summed E-state index contributed by atoms with van der Waals surface area (Å²) in [5, 5.41) is 7.28. The maximum atomic E-state index is 12.3. The van der Waals surface area contributed by atoms with E-state index in [1.54, 1.807) is 13.2 Å². The molecule has 0 radical (unpaired) electrons. The van der Waals surface area contributed by atoms with E-state index in [9.17, 15) is 4.79 Å². The van der Waals surface area contributed by atoms with Gasteiger partial charge in [0.15, 0.2) is 5.82 Å². The second-order valence-electron chi connectivity index (χ2n) is 10.9. The number of carbonyl (C=O) groups is 1. The van der Waals surface area contributed by atoms with Crippen molar-refractivity contribution in [3.05, 3.63) is 30.6 Å². The zero-order valence-electron chi connectivity index (χ0n) is 22.0. The predicted octanol–water partition coefficient (Wildman–Crippen LogP) is 4.29. The highest BCUT2D eigenvalue weighted by Crippen LogP contribution is 2.39. The van der Waals surface area contributed by atoms with Crippen LogP contribution in [0.1, 0.15) is 47.5 Å². The van der Waals surface area contributed by atoms with Crippen LogP contribution in [0.25, 0.3) is 16.6 Å². The van der Waals surface area contributed by atoms with Crippen molar-refractivity contribution in [1.29, 1.82) is 0 Å². The zero-order chi connectivity index (χ0) is 26.3. The summed E-state index contributed by atoms with van der Waals surface area (Å²) in [5.41, 5.74) is 14.9. The van der Waals surface area contributed by atoms with Crippen molar-refractivity contribution in [2.24, 2.45) is 11.7 Å². The Bertz CT molecular complexity index is 1250. The number of aromatic nitrogens is 3. The normalized spacial score (nSPS) is 15.2. The van der Waals surface area contributed by atoms with Gasteiger partial charge in [0.25, 0.3) is 0 Å². The van der Waals surface area contributed by atoms with Crippen LogP contribution in [0.5, 0.6) is 5.75 Å². The van der Waals surface area contributed by atoms with Crippen LogP contribution in [-0.2, 0) is 4.74 Å². The molecule has 10 nitrogen and oxygen atoms in total. The lowest BCUT2D eigenvalue weighted by molar-refractivity contribution is 0.0635. The number of ether oxygens (including phenoxy) is 2. The van der Waals surface area contributed by atoms with Crippen LogP contribution < -0.4 is 26.4 Å². The molecule has 1 aliphatic rings. The highest BCUT2D eigenvalue weighted by molar-refractivity contribution is 5.93. The van der Waals surface area contributed by atoms with Crippen LogP contribution in [0.3, 0.4) is 0 Å². The monoisotopic (exact) mass is 495 g/mol. The molecule has 0 spiro atoms. The number of benzene rings is 1. The summed E-state index contributed by atoms with van der Waals surface area (Å²) < 4.78 is 12.8. The Morgan fingerprint density at radius 2 is 1.83 bits per heavy atom. The first-order chi connectivity index (χ1) is 16.9. The lowest BCUT2D eigenvalue weighted by Crippen LogP contribution is -2.47. The zero-order valence-corrected chi connectivity index (χ0v) is 22.0. The SMILES string of the molecule is COc1cc(-c2cc(N3CCC(C(C)(C)N)CC3)n3ncnc(N)c23)ccc1NC(=O)OC(C)(C)C. The number of nitrogens with zero attached hydrogens (tertiary/aromatic N) is 4. The third-order valence-electron chi connectivity index (χ3n) is 6.58. The molecule has 10 heteroatoms. The number of hydrogen-bond acceptors (Lipinski definition) is 8. The van der Waals surface area contributed by atoms with Crippen molar-refractivity contribution in [2.45, 2.75) is 58.6 Å². The molecule has 2 aromatic heterocycles. The smallest absolute Gasteiger partial charge is 0.412 e. The van der Waals surface area contributed by atoms with Gasteiger partial charge >= 0.3 is 6.09 Å². The van der Waals surface area contributed by atoms with Gasteiger partial charge < -0.3 is 25.8 Å². The number of fused-ring (bicyclic) bond motifs is 1. The molecule has 3 heterocycles. The van der Waals surface area contributed by atoms with E-state index in [4.69, 9.17) is 20.9 Å². The van der Waals surface area contributed by atoms with Gasteiger partial charge in [-0.25, -0.2) is 14.3 Å². The first-order valence-electron chi connectivity index (χ1n) is 12.2. The van der Waals surface area contributed by atoms with E-state index in [1.807, 2.05) is 37.4 Å². The molecule has 1 amide bonds. The lowest BCUT2D eigenvalue weighted by atomic mass is 9.81. The Morgan fingerprint density at radius 1 is 1.14 bits per heavy atom. The maximum Gasteiger partial charge on any atom is 0.412 e. The van der Waals surface area contributed by atoms with Crippen LogP contribution in [0.2, 0.25) is 0 Å². The van der Waals surface area contributed by atoms with E-state index in [2.05, 4.69) is 40.2 Å². The topological polar surface area (TPSA) is 133 Å². The first-order valence-corrected chi connectivity index (χ1v) is 12.2. The lowest BCUT2D eigenvalue weighted by Gasteiger charge is -2.39. The molecule has 1 aliphatic heterocycles. The minimum absolute atomic E-state index is 0.198. The number of nitrogens with one attached hydrogen (secondary N) is 1. The molecule has 5 N–H and O–H groups in total. The van der Waals surface area contributed by atoms with Crippen molar-refractivity contribution < 1.29 is 14.3 Å². The predicted molar refractivity (Wildman–Crippen MR) is 142 cm³/mol. The molecule has 1 fully saturated rings. The Morgan fingerprint density at radius 3 is 2.44 bits per heavy atom. The van der Waals surface area contributed by atoms with E-state index in [0.717, 1.165) is 48.4 Å². The third kappa shape index (κ3) is 5.33. The second kappa shape index (κ2) is 9.50. The largest absolute Gasteiger partial charge is 0.495 e.